The van der Waals surface area contributed by atoms with Gasteiger partial charge in [-0.1, -0.05) is 48.5 Å². The van der Waals surface area contributed by atoms with Crippen LogP contribution < -0.4 is 5.32 Å². The molecule has 0 atom stereocenters. The molecule has 4 amide bonds. The third kappa shape index (κ3) is 3.60. The molecule has 1 aromatic carbocycles. The molecule has 2 fully saturated rings. The molecule has 0 radical (unpaired) electrons. The molecule has 1 heterocycles. The second-order valence-corrected chi connectivity index (χ2v) is 8.94. The zero-order valence-corrected chi connectivity index (χ0v) is 17.9. The van der Waals surface area contributed by atoms with Gasteiger partial charge in [-0.15, -0.1) is 0 Å². The highest BCUT2D eigenvalue weighted by Gasteiger charge is 2.55. The molecule has 6 nitrogen and oxygen atoms in total. The molecular formula is C20H25Cl2N3O3. The van der Waals surface area contributed by atoms with Gasteiger partial charge in [-0.2, -0.15) is 0 Å². The van der Waals surface area contributed by atoms with Gasteiger partial charge < -0.3 is 10.2 Å². The molecule has 1 aliphatic carbocycles. The van der Waals surface area contributed by atoms with E-state index in [2.05, 4.69) is 5.32 Å². The van der Waals surface area contributed by atoms with E-state index in [-0.39, 0.29) is 12.5 Å². The molecule has 28 heavy (non-hydrogen) atoms. The van der Waals surface area contributed by atoms with Crippen molar-refractivity contribution in [3.63, 3.8) is 0 Å². The molecule has 1 saturated heterocycles. The summed E-state index contributed by atoms with van der Waals surface area (Å²) in [6.45, 7) is 3.36. The summed E-state index contributed by atoms with van der Waals surface area (Å²) >= 11 is 12.0. The number of urea groups is 1. The summed E-state index contributed by atoms with van der Waals surface area (Å²) in [6, 6.07) is 4.74. The highest BCUT2D eigenvalue weighted by Crippen LogP contribution is 2.39. The average molecular weight is 426 g/mol. The van der Waals surface area contributed by atoms with Gasteiger partial charge >= 0.3 is 6.03 Å². The van der Waals surface area contributed by atoms with E-state index in [1.807, 2.05) is 13.8 Å². The Morgan fingerprint density at radius 2 is 1.79 bits per heavy atom. The molecule has 0 aromatic heterocycles. The number of carbonyl (C=O) groups is 3. The summed E-state index contributed by atoms with van der Waals surface area (Å²) in [5.74, 6) is -0.666. The molecule has 1 saturated carbocycles. The standard InChI is InChI=1S/C20H25Cl2N3O3/c1-19(2,13-7-8-14(21)15(22)11-13)23-16(26)12-25-17(27)20(24(3)18(25)28)9-5-4-6-10-20/h7-8,11H,4-6,9-10,12H2,1-3H3,(H,23,26). The number of hydrogen-bond acceptors (Lipinski definition) is 3. The molecule has 1 spiro atoms. The van der Waals surface area contributed by atoms with Crippen LogP contribution in [0, 0.1) is 0 Å². The molecule has 1 aliphatic heterocycles. The number of imide groups is 1. The van der Waals surface area contributed by atoms with Crippen LogP contribution in [0.4, 0.5) is 4.79 Å². The lowest BCUT2D eigenvalue weighted by atomic mass is 9.81. The van der Waals surface area contributed by atoms with E-state index >= 15 is 0 Å². The fraction of sp³-hybridized carbons (Fsp3) is 0.550. The lowest BCUT2D eigenvalue weighted by molar-refractivity contribution is -0.137. The predicted octanol–water partition coefficient (Wildman–Crippen LogP) is 3.94. The first-order valence-electron chi connectivity index (χ1n) is 9.45. The van der Waals surface area contributed by atoms with Crippen LogP contribution in [-0.2, 0) is 15.1 Å². The van der Waals surface area contributed by atoms with Crippen LogP contribution in [0.2, 0.25) is 10.0 Å². The lowest BCUT2D eigenvalue weighted by Crippen LogP contribution is -2.50. The van der Waals surface area contributed by atoms with Crippen molar-refractivity contribution in [2.24, 2.45) is 0 Å². The summed E-state index contributed by atoms with van der Waals surface area (Å²) in [7, 11) is 1.66. The normalized spacial score (nSPS) is 19.5. The van der Waals surface area contributed by atoms with Gasteiger partial charge in [-0.25, -0.2) is 4.79 Å². The molecular weight excluding hydrogens is 401 g/mol. The zero-order valence-electron chi connectivity index (χ0n) is 16.3. The first-order chi connectivity index (χ1) is 13.1. The smallest absolute Gasteiger partial charge is 0.327 e. The van der Waals surface area contributed by atoms with Crippen molar-refractivity contribution in [2.45, 2.75) is 57.0 Å². The van der Waals surface area contributed by atoms with Gasteiger partial charge in [-0.3, -0.25) is 14.5 Å². The minimum atomic E-state index is -0.783. The highest BCUT2D eigenvalue weighted by molar-refractivity contribution is 6.42. The average Bonchev–Trinajstić information content (AvgIpc) is 2.80. The molecule has 3 rings (SSSR count). The fourth-order valence-electron chi connectivity index (χ4n) is 4.16. The van der Waals surface area contributed by atoms with Crippen LogP contribution in [0.5, 0.6) is 0 Å². The van der Waals surface area contributed by atoms with Crippen LogP contribution in [0.25, 0.3) is 0 Å². The van der Waals surface area contributed by atoms with Crippen LogP contribution >= 0.6 is 23.2 Å². The van der Waals surface area contributed by atoms with E-state index in [9.17, 15) is 14.4 Å². The number of rotatable bonds is 4. The van der Waals surface area contributed by atoms with Crippen LogP contribution in [0.1, 0.15) is 51.5 Å². The van der Waals surface area contributed by atoms with Crippen molar-refractivity contribution in [3.8, 4) is 0 Å². The summed E-state index contributed by atoms with van der Waals surface area (Å²) < 4.78 is 0. The van der Waals surface area contributed by atoms with Gasteiger partial charge in [0.25, 0.3) is 5.91 Å². The van der Waals surface area contributed by atoms with Gasteiger partial charge in [0.15, 0.2) is 0 Å². The molecule has 1 N–H and O–H groups in total. The Bertz CT molecular complexity index is 819. The van der Waals surface area contributed by atoms with Gasteiger partial charge in [0.2, 0.25) is 5.91 Å². The number of likely N-dealkylation sites (N-methyl/N-ethyl adjacent to an activating group) is 1. The summed E-state index contributed by atoms with van der Waals surface area (Å²) in [4.78, 5) is 40.9. The fourth-order valence-corrected chi connectivity index (χ4v) is 4.46. The third-order valence-electron chi connectivity index (χ3n) is 5.88. The van der Waals surface area contributed by atoms with Crippen molar-refractivity contribution in [1.82, 2.24) is 15.1 Å². The Morgan fingerprint density at radius 1 is 1.14 bits per heavy atom. The van der Waals surface area contributed by atoms with Crippen LogP contribution in [0.3, 0.4) is 0 Å². The predicted molar refractivity (Wildman–Crippen MR) is 108 cm³/mol. The SMILES string of the molecule is CN1C(=O)N(CC(=O)NC(C)(C)c2ccc(Cl)c(Cl)c2)C(=O)C12CCCCC2. The maximum Gasteiger partial charge on any atom is 0.327 e. The molecule has 0 unspecified atom stereocenters. The van der Waals surface area contributed by atoms with Gasteiger partial charge in [0, 0.05) is 7.05 Å². The van der Waals surface area contributed by atoms with Crippen molar-refractivity contribution in [2.75, 3.05) is 13.6 Å². The number of halogens is 2. The van der Waals surface area contributed by atoms with E-state index in [1.165, 1.54) is 4.90 Å². The summed E-state index contributed by atoms with van der Waals surface area (Å²) in [6.07, 6.45) is 4.19. The van der Waals surface area contributed by atoms with E-state index in [1.54, 1.807) is 25.2 Å². The molecule has 8 heteroatoms. The number of carbonyl (C=O) groups excluding carboxylic acids is 3. The minimum Gasteiger partial charge on any atom is -0.346 e. The van der Waals surface area contributed by atoms with Gasteiger partial charge in [0.1, 0.15) is 12.1 Å². The number of nitrogens with zero attached hydrogens (tertiary/aromatic N) is 2. The monoisotopic (exact) mass is 425 g/mol. The van der Waals surface area contributed by atoms with E-state index in [0.717, 1.165) is 29.7 Å². The van der Waals surface area contributed by atoms with Crippen molar-refractivity contribution >= 4 is 41.0 Å². The highest BCUT2D eigenvalue weighted by atomic mass is 35.5. The van der Waals surface area contributed by atoms with E-state index < -0.39 is 23.0 Å². The number of nitrogens with one attached hydrogen (secondary N) is 1. The van der Waals surface area contributed by atoms with Crippen LogP contribution in [0.15, 0.2) is 18.2 Å². The first-order valence-corrected chi connectivity index (χ1v) is 10.2. The largest absolute Gasteiger partial charge is 0.346 e. The topological polar surface area (TPSA) is 69.7 Å². The Labute approximate surface area is 175 Å². The van der Waals surface area contributed by atoms with Gasteiger partial charge in [-0.05, 0) is 44.4 Å². The maximum absolute atomic E-state index is 13.0. The third-order valence-corrected chi connectivity index (χ3v) is 6.62. The summed E-state index contributed by atoms with van der Waals surface area (Å²) in [5, 5.41) is 3.72. The summed E-state index contributed by atoms with van der Waals surface area (Å²) in [5.41, 5.74) is -0.754. The Hall–Kier alpha value is -1.79. The molecule has 2 aliphatic rings. The molecule has 1 aromatic rings. The second kappa shape index (κ2) is 7.56. The molecule has 0 bridgehead atoms. The Morgan fingerprint density at radius 3 is 2.39 bits per heavy atom. The number of hydrogen-bond donors (Lipinski definition) is 1. The number of amides is 4. The lowest BCUT2D eigenvalue weighted by Gasteiger charge is -2.35. The van der Waals surface area contributed by atoms with E-state index in [4.69, 9.17) is 23.2 Å². The van der Waals surface area contributed by atoms with Crippen molar-refractivity contribution in [3.05, 3.63) is 33.8 Å². The van der Waals surface area contributed by atoms with E-state index in [0.29, 0.717) is 22.9 Å². The van der Waals surface area contributed by atoms with Crippen LogP contribution in [-0.4, -0.2) is 46.8 Å². The molecule has 152 valence electrons. The second-order valence-electron chi connectivity index (χ2n) is 8.13. The van der Waals surface area contributed by atoms with Crippen molar-refractivity contribution in [1.29, 1.82) is 0 Å². The Kier molecular flexibility index (Phi) is 5.65. The maximum atomic E-state index is 13.0. The zero-order chi connectivity index (χ0) is 20.7. The quantitative estimate of drug-likeness (QED) is 0.742. The number of benzene rings is 1. The minimum absolute atomic E-state index is 0.262. The van der Waals surface area contributed by atoms with Crippen molar-refractivity contribution < 1.29 is 14.4 Å². The Balaban J connectivity index is 1.72. The first kappa shape index (κ1) is 20.9. The van der Waals surface area contributed by atoms with Gasteiger partial charge in [0.05, 0.1) is 15.6 Å².